The van der Waals surface area contributed by atoms with Crippen molar-refractivity contribution < 1.29 is 22.6 Å². The van der Waals surface area contributed by atoms with Crippen LogP contribution in [-0.2, 0) is 19.5 Å². The van der Waals surface area contributed by atoms with Crippen molar-refractivity contribution >= 4 is 10.0 Å². The molecule has 1 N–H and O–H groups in total. The Balaban J connectivity index is 1.44. The lowest BCUT2D eigenvalue weighted by Crippen LogP contribution is -2.49. The van der Waals surface area contributed by atoms with Gasteiger partial charge in [-0.3, -0.25) is 0 Å². The van der Waals surface area contributed by atoms with E-state index >= 15 is 0 Å². The van der Waals surface area contributed by atoms with Gasteiger partial charge in [0.05, 0.1) is 37.4 Å². The summed E-state index contributed by atoms with van der Waals surface area (Å²) >= 11 is 0. The lowest BCUT2D eigenvalue weighted by molar-refractivity contribution is -0.156. The number of methoxy groups -OCH3 is 1. The Kier molecular flexibility index (Phi) is 5.68. The van der Waals surface area contributed by atoms with Gasteiger partial charge in [0.25, 0.3) is 0 Å². The van der Waals surface area contributed by atoms with Gasteiger partial charge < -0.3 is 14.2 Å². The van der Waals surface area contributed by atoms with Crippen molar-refractivity contribution in [1.82, 2.24) is 4.72 Å². The first-order chi connectivity index (χ1) is 13.5. The van der Waals surface area contributed by atoms with Crippen LogP contribution in [0.25, 0.3) is 11.1 Å². The number of hydrogen-bond acceptors (Lipinski definition) is 5. The van der Waals surface area contributed by atoms with Crippen LogP contribution >= 0.6 is 0 Å². The Hall–Kier alpha value is -1.93. The smallest absolute Gasteiger partial charge is 0.240 e. The van der Waals surface area contributed by atoms with Gasteiger partial charge in [0.15, 0.2) is 0 Å². The molecule has 2 aromatic rings. The summed E-state index contributed by atoms with van der Waals surface area (Å²) in [6, 6.07) is 14.5. The van der Waals surface area contributed by atoms with E-state index in [1.165, 1.54) is 0 Å². The van der Waals surface area contributed by atoms with Crippen molar-refractivity contribution in [2.75, 3.05) is 20.3 Å². The first kappa shape index (κ1) is 19.4. The molecule has 2 aliphatic rings. The van der Waals surface area contributed by atoms with E-state index < -0.39 is 10.0 Å². The highest BCUT2D eigenvalue weighted by Gasteiger charge is 2.35. The fourth-order valence-electron chi connectivity index (χ4n) is 3.87. The zero-order chi connectivity index (χ0) is 19.6. The van der Waals surface area contributed by atoms with E-state index in [2.05, 4.69) is 4.72 Å². The third-order valence-corrected chi connectivity index (χ3v) is 6.92. The second-order valence-electron chi connectivity index (χ2n) is 7.20. The van der Waals surface area contributed by atoms with E-state index in [1.54, 1.807) is 19.2 Å². The standard InChI is InChI=1S/C21H25NO5S/c1-25-18-7-2-15(3-8-18)16-4-9-19(10-5-16)28(23,24)22-17-6-11-20-21(14-17)27-13-12-26-20/h2-5,7-10,17,20-22H,6,11-14H2,1H3/t17-,20+,21-/m1/s1. The molecule has 28 heavy (non-hydrogen) atoms. The minimum Gasteiger partial charge on any atom is -0.497 e. The maximum Gasteiger partial charge on any atom is 0.240 e. The lowest BCUT2D eigenvalue weighted by Gasteiger charge is -2.38. The Morgan fingerprint density at radius 3 is 2.14 bits per heavy atom. The number of benzene rings is 2. The Bertz CT molecular complexity index is 895. The van der Waals surface area contributed by atoms with Gasteiger partial charge in [-0.25, -0.2) is 13.1 Å². The van der Waals surface area contributed by atoms with Crippen LogP contribution in [0.4, 0.5) is 0 Å². The molecule has 1 aliphatic carbocycles. The molecule has 0 spiro atoms. The summed E-state index contributed by atoms with van der Waals surface area (Å²) in [5, 5.41) is 0. The number of nitrogens with one attached hydrogen (secondary N) is 1. The van der Waals surface area contributed by atoms with Gasteiger partial charge in [0.2, 0.25) is 10.0 Å². The summed E-state index contributed by atoms with van der Waals surface area (Å²) in [6.45, 7) is 1.20. The molecule has 150 valence electrons. The van der Waals surface area contributed by atoms with Gasteiger partial charge in [0, 0.05) is 6.04 Å². The van der Waals surface area contributed by atoms with Gasteiger partial charge in [-0.2, -0.15) is 0 Å². The van der Waals surface area contributed by atoms with E-state index in [0.29, 0.717) is 19.6 Å². The van der Waals surface area contributed by atoms with Gasteiger partial charge in [-0.05, 0) is 54.7 Å². The van der Waals surface area contributed by atoms with E-state index in [4.69, 9.17) is 14.2 Å². The first-order valence-electron chi connectivity index (χ1n) is 9.55. The molecule has 1 saturated carbocycles. The molecule has 4 rings (SSSR count). The van der Waals surface area contributed by atoms with Crippen LogP contribution in [0.3, 0.4) is 0 Å². The third-order valence-electron chi connectivity index (χ3n) is 5.39. The Morgan fingerprint density at radius 1 is 0.893 bits per heavy atom. The van der Waals surface area contributed by atoms with Crippen LogP contribution < -0.4 is 9.46 Å². The molecule has 2 aromatic carbocycles. The molecule has 0 unspecified atom stereocenters. The van der Waals surface area contributed by atoms with Crippen LogP contribution in [0, 0.1) is 0 Å². The quantitative estimate of drug-likeness (QED) is 0.831. The van der Waals surface area contributed by atoms with E-state index in [9.17, 15) is 8.42 Å². The number of fused-ring (bicyclic) bond motifs is 1. The van der Waals surface area contributed by atoms with Crippen LogP contribution in [0.1, 0.15) is 19.3 Å². The lowest BCUT2D eigenvalue weighted by atomic mass is 9.90. The minimum absolute atomic E-state index is 0.0207. The second kappa shape index (κ2) is 8.21. The first-order valence-corrected chi connectivity index (χ1v) is 11.0. The molecule has 1 aliphatic heterocycles. The molecule has 0 radical (unpaired) electrons. The molecule has 1 heterocycles. The van der Waals surface area contributed by atoms with Gasteiger partial charge >= 0.3 is 0 Å². The third kappa shape index (κ3) is 4.22. The molecule has 6 nitrogen and oxygen atoms in total. The molecular weight excluding hydrogens is 378 g/mol. The number of ether oxygens (including phenoxy) is 3. The van der Waals surface area contributed by atoms with Crippen molar-refractivity contribution in [1.29, 1.82) is 0 Å². The predicted molar refractivity (Wildman–Crippen MR) is 106 cm³/mol. The Morgan fingerprint density at radius 2 is 1.50 bits per heavy atom. The summed E-state index contributed by atoms with van der Waals surface area (Å²) in [5.74, 6) is 0.786. The van der Waals surface area contributed by atoms with Crippen molar-refractivity contribution in [3.8, 4) is 16.9 Å². The zero-order valence-corrected chi connectivity index (χ0v) is 16.7. The summed E-state index contributed by atoms with van der Waals surface area (Å²) in [4.78, 5) is 0.271. The highest BCUT2D eigenvalue weighted by molar-refractivity contribution is 7.89. The van der Waals surface area contributed by atoms with Crippen molar-refractivity contribution in [3.05, 3.63) is 48.5 Å². The van der Waals surface area contributed by atoms with Crippen LogP contribution in [0.5, 0.6) is 5.75 Å². The van der Waals surface area contributed by atoms with Crippen LogP contribution in [-0.4, -0.2) is 47.0 Å². The number of hydrogen-bond donors (Lipinski definition) is 1. The average molecular weight is 404 g/mol. The monoisotopic (exact) mass is 403 g/mol. The molecule has 7 heteroatoms. The molecule has 3 atom stereocenters. The van der Waals surface area contributed by atoms with Crippen LogP contribution in [0.15, 0.2) is 53.4 Å². The number of rotatable bonds is 5. The minimum atomic E-state index is -3.57. The van der Waals surface area contributed by atoms with E-state index in [0.717, 1.165) is 29.7 Å². The molecular formula is C21H25NO5S. The fourth-order valence-corrected chi connectivity index (χ4v) is 5.15. The maximum atomic E-state index is 12.8. The SMILES string of the molecule is COc1ccc(-c2ccc(S(=O)(=O)N[C@@H]3CC[C@@H]4OCCO[C@@H]4C3)cc2)cc1. The molecule has 0 aromatic heterocycles. The molecule has 0 bridgehead atoms. The summed E-state index contributed by atoms with van der Waals surface area (Å²) in [5.41, 5.74) is 1.96. The highest BCUT2D eigenvalue weighted by Crippen LogP contribution is 2.28. The maximum absolute atomic E-state index is 12.8. The Labute approximate surface area is 165 Å². The van der Waals surface area contributed by atoms with Gasteiger partial charge in [0.1, 0.15) is 5.75 Å². The van der Waals surface area contributed by atoms with Crippen molar-refractivity contribution in [2.45, 2.75) is 42.4 Å². The highest BCUT2D eigenvalue weighted by atomic mass is 32.2. The van der Waals surface area contributed by atoms with E-state index in [-0.39, 0.29) is 23.1 Å². The molecule has 0 amide bonds. The van der Waals surface area contributed by atoms with Gasteiger partial charge in [-0.15, -0.1) is 0 Å². The molecule has 2 fully saturated rings. The second-order valence-corrected chi connectivity index (χ2v) is 8.92. The average Bonchev–Trinajstić information content (AvgIpc) is 2.73. The predicted octanol–water partition coefficient (Wildman–Crippen LogP) is 2.98. The summed E-state index contributed by atoms with van der Waals surface area (Å²) in [6.07, 6.45) is 2.29. The van der Waals surface area contributed by atoms with E-state index in [1.807, 2.05) is 36.4 Å². The van der Waals surface area contributed by atoms with Crippen LogP contribution in [0.2, 0.25) is 0 Å². The molecule has 1 saturated heterocycles. The number of sulfonamides is 1. The van der Waals surface area contributed by atoms with Gasteiger partial charge in [-0.1, -0.05) is 24.3 Å². The normalized spacial score (nSPS) is 25.1. The zero-order valence-electron chi connectivity index (χ0n) is 15.8. The largest absolute Gasteiger partial charge is 0.497 e. The topological polar surface area (TPSA) is 73.9 Å². The van der Waals surface area contributed by atoms with Crippen molar-refractivity contribution in [3.63, 3.8) is 0 Å². The summed E-state index contributed by atoms with van der Waals surface area (Å²) < 4.78 is 45.0. The fraction of sp³-hybridized carbons (Fsp3) is 0.429. The van der Waals surface area contributed by atoms with Crippen molar-refractivity contribution in [2.24, 2.45) is 0 Å². The summed E-state index contributed by atoms with van der Waals surface area (Å²) in [7, 11) is -1.95.